The van der Waals surface area contributed by atoms with Gasteiger partial charge in [-0.25, -0.2) is 13.2 Å². The van der Waals surface area contributed by atoms with Crippen LogP contribution >= 0.6 is 15.9 Å². The third-order valence-electron chi connectivity index (χ3n) is 4.46. The molecule has 7 nitrogen and oxygen atoms in total. The number of hydrogen-bond donors (Lipinski definition) is 0. The van der Waals surface area contributed by atoms with E-state index in [1.165, 1.54) is 35.5 Å². The van der Waals surface area contributed by atoms with Crippen LogP contribution in [-0.4, -0.2) is 56.9 Å². The van der Waals surface area contributed by atoms with Crippen molar-refractivity contribution in [3.63, 3.8) is 0 Å². The first kappa shape index (κ1) is 21.6. The molecule has 0 N–H and O–H groups in total. The number of nitrogens with zero attached hydrogens (tertiary/aromatic N) is 1. The molecule has 1 aliphatic heterocycles. The molecule has 0 bridgehead atoms. The largest absolute Gasteiger partial charge is 0.451 e. The summed E-state index contributed by atoms with van der Waals surface area (Å²) in [5, 5.41) is 0. The summed E-state index contributed by atoms with van der Waals surface area (Å²) in [6, 6.07) is 12.3. The molecule has 0 aliphatic carbocycles. The number of morpholine rings is 1. The number of carbonyl (C=O) groups is 2. The van der Waals surface area contributed by atoms with Gasteiger partial charge in [-0.1, -0.05) is 34.1 Å². The number of halogens is 1. The molecule has 154 valence electrons. The van der Waals surface area contributed by atoms with E-state index in [2.05, 4.69) is 15.9 Å². The number of benzene rings is 2. The highest BCUT2D eigenvalue weighted by atomic mass is 79.9. The van der Waals surface area contributed by atoms with E-state index in [1.54, 1.807) is 24.3 Å². The van der Waals surface area contributed by atoms with E-state index < -0.39 is 22.1 Å². The predicted octanol–water partition coefficient (Wildman–Crippen LogP) is 2.90. The SMILES string of the molecule is CC(OC(=O)c1cccc(S(=O)(=O)N2CCOCC2)c1)C(=O)c1ccc(Br)cc1. The number of rotatable bonds is 6. The molecular weight excluding hydrogens is 462 g/mol. The minimum absolute atomic E-state index is 0.000684. The van der Waals surface area contributed by atoms with Gasteiger partial charge in [0.2, 0.25) is 15.8 Å². The molecule has 2 aromatic rings. The fourth-order valence-electron chi connectivity index (χ4n) is 2.85. The van der Waals surface area contributed by atoms with Crippen molar-refractivity contribution in [1.29, 1.82) is 0 Å². The maximum absolute atomic E-state index is 12.8. The number of ether oxygens (including phenoxy) is 2. The second kappa shape index (κ2) is 9.17. The average molecular weight is 482 g/mol. The topological polar surface area (TPSA) is 90.0 Å². The molecule has 29 heavy (non-hydrogen) atoms. The minimum Gasteiger partial charge on any atom is -0.451 e. The zero-order valence-electron chi connectivity index (χ0n) is 15.7. The van der Waals surface area contributed by atoms with Gasteiger partial charge < -0.3 is 9.47 Å². The van der Waals surface area contributed by atoms with Crippen LogP contribution in [-0.2, 0) is 19.5 Å². The monoisotopic (exact) mass is 481 g/mol. The third kappa shape index (κ3) is 5.11. The minimum atomic E-state index is -3.74. The highest BCUT2D eigenvalue weighted by Gasteiger charge is 2.27. The fraction of sp³-hybridized carbons (Fsp3) is 0.300. The lowest BCUT2D eigenvalue weighted by atomic mass is 10.1. The van der Waals surface area contributed by atoms with E-state index in [9.17, 15) is 18.0 Å². The molecule has 3 rings (SSSR count). The number of sulfonamides is 1. The van der Waals surface area contributed by atoms with E-state index in [-0.39, 0.29) is 29.3 Å². The number of esters is 1. The Kier molecular flexibility index (Phi) is 6.84. The summed E-state index contributed by atoms with van der Waals surface area (Å²) in [4.78, 5) is 24.9. The van der Waals surface area contributed by atoms with Gasteiger partial charge >= 0.3 is 5.97 Å². The van der Waals surface area contributed by atoms with Gasteiger partial charge in [0.1, 0.15) is 0 Å². The molecule has 1 saturated heterocycles. The molecule has 9 heteroatoms. The molecule has 1 fully saturated rings. The highest BCUT2D eigenvalue weighted by Crippen LogP contribution is 2.20. The molecule has 0 spiro atoms. The number of carbonyl (C=O) groups excluding carboxylic acids is 2. The first-order chi connectivity index (χ1) is 13.8. The predicted molar refractivity (Wildman–Crippen MR) is 109 cm³/mol. The molecule has 0 saturated carbocycles. The van der Waals surface area contributed by atoms with E-state index in [4.69, 9.17) is 9.47 Å². The van der Waals surface area contributed by atoms with Crippen molar-refractivity contribution in [2.75, 3.05) is 26.3 Å². The molecule has 1 unspecified atom stereocenters. The lowest BCUT2D eigenvalue weighted by Gasteiger charge is -2.26. The van der Waals surface area contributed by atoms with Crippen molar-refractivity contribution in [2.24, 2.45) is 0 Å². The van der Waals surface area contributed by atoms with Gasteiger partial charge in [-0.2, -0.15) is 4.31 Å². The maximum Gasteiger partial charge on any atom is 0.338 e. The van der Waals surface area contributed by atoms with Crippen LogP contribution in [0.5, 0.6) is 0 Å². The Bertz CT molecular complexity index is 1000. The van der Waals surface area contributed by atoms with Gasteiger partial charge in [0.05, 0.1) is 23.7 Å². The van der Waals surface area contributed by atoms with Crippen molar-refractivity contribution < 1.29 is 27.5 Å². The Morgan fingerprint density at radius 3 is 2.38 bits per heavy atom. The van der Waals surface area contributed by atoms with Crippen molar-refractivity contribution in [2.45, 2.75) is 17.9 Å². The molecule has 1 aliphatic rings. The Hall–Kier alpha value is -2.07. The zero-order valence-corrected chi connectivity index (χ0v) is 18.1. The van der Waals surface area contributed by atoms with Crippen LogP contribution in [0.4, 0.5) is 0 Å². The van der Waals surface area contributed by atoms with Crippen LogP contribution in [0, 0.1) is 0 Å². The lowest BCUT2D eigenvalue weighted by Crippen LogP contribution is -2.40. The zero-order chi connectivity index (χ0) is 21.0. The van der Waals surface area contributed by atoms with Crippen molar-refractivity contribution in [3.8, 4) is 0 Å². The van der Waals surface area contributed by atoms with Crippen LogP contribution in [0.2, 0.25) is 0 Å². The van der Waals surface area contributed by atoms with Crippen LogP contribution in [0.15, 0.2) is 57.9 Å². The third-order valence-corrected chi connectivity index (χ3v) is 6.88. The molecule has 0 aromatic heterocycles. The first-order valence-electron chi connectivity index (χ1n) is 8.98. The van der Waals surface area contributed by atoms with Gasteiger partial charge in [-0.3, -0.25) is 4.79 Å². The van der Waals surface area contributed by atoms with E-state index >= 15 is 0 Å². The molecule has 1 atom stereocenters. The average Bonchev–Trinajstić information content (AvgIpc) is 2.74. The summed E-state index contributed by atoms with van der Waals surface area (Å²) < 4.78 is 38.1. The smallest absolute Gasteiger partial charge is 0.338 e. The van der Waals surface area contributed by atoms with Gasteiger partial charge in [0.25, 0.3) is 0 Å². The molecule has 0 radical (unpaired) electrons. The Balaban J connectivity index is 1.73. The number of Topliss-reactive ketones (excluding diaryl/α,β-unsaturated/α-hetero) is 1. The second-order valence-corrected chi connectivity index (χ2v) is 9.32. The van der Waals surface area contributed by atoms with Crippen molar-refractivity contribution in [1.82, 2.24) is 4.31 Å². The van der Waals surface area contributed by atoms with Gasteiger partial charge in [0, 0.05) is 23.1 Å². The van der Waals surface area contributed by atoms with Crippen LogP contribution in [0.25, 0.3) is 0 Å². The van der Waals surface area contributed by atoms with E-state index in [1.807, 2.05) is 0 Å². The molecular formula is C20H20BrNO6S. The molecule has 2 aromatic carbocycles. The van der Waals surface area contributed by atoms with Crippen LogP contribution in [0.1, 0.15) is 27.6 Å². The standard InChI is InChI=1S/C20H20BrNO6S/c1-14(19(23)15-5-7-17(21)8-6-15)28-20(24)16-3-2-4-18(13-16)29(25,26)22-9-11-27-12-10-22/h2-8,13-14H,9-12H2,1H3. The number of hydrogen-bond acceptors (Lipinski definition) is 6. The van der Waals surface area contributed by atoms with Gasteiger partial charge in [0.15, 0.2) is 6.10 Å². The summed E-state index contributed by atoms with van der Waals surface area (Å²) in [6.07, 6.45) is -1.01. The van der Waals surface area contributed by atoms with Gasteiger partial charge in [-0.05, 0) is 37.3 Å². The lowest BCUT2D eigenvalue weighted by molar-refractivity contribution is 0.0318. The van der Waals surface area contributed by atoms with Crippen LogP contribution in [0.3, 0.4) is 0 Å². The van der Waals surface area contributed by atoms with Crippen molar-refractivity contribution in [3.05, 3.63) is 64.1 Å². The fourth-order valence-corrected chi connectivity index (χ4v) is 4.57. The Morgan fingerprint density at radius 2 is 1.72 bits per heavy atom. The summed E-state index contributed by atoms with van der Waals surface area (Å²) in [5.74, 6) is -1.11. The summed E-state index contributed by atoms with van der Waals surface area (Å²) >= 11 is 3.30. The molecule has 1 heterocycles. The normalized spacial score (nSPS) is 16.2. The Morgan fingerprint density at radius 1 is 1.07 bits per heavy atom. The first-order valence-corrected chi connectivity index (χ1v) is 11.2. The maximum atomic E-state index is 12.8. The highest BCUT2D eigenvalue weighted by molar-refractivity contribution is 9.10. The van der Waals surface area contributed by atoms with Crippen molar-refractivity contribution >= 4 is 37.7 Å². The van der Waals surface area contributed by atoms with Gasteiger partial charge in [-0.15, -0.1) is 0 Å². The second-order valence-electron chi connectivity index (χ2n) is 6.46. The van der Waals surface area contributed by atoms with E-state index in [0.29, 0.717) is 18.8 Å². The number of ketones is 1. The summed E-state index contributed by atoms with van der Waals surface area (Å²) in [5.41, 5.74) is 0.479. The van der Waals surface area contributed by atoms with Crippen LogP contribution < -0.4 is 0 Å². The molecule has 0 amide bonds. The summed E-state index contributed by atoms with van der Waals surface area (Å²) in [7, 11) is -3.74. The Labute approximate surface area is 177 Å². The quantitative estimate of drug-likeness (QED) is 0.465. The summed E-state index contributed by atoms with van der Waals surface area (Å²) in [6.45, 7) is 2.66. The van der Waals surface area contributed by atoms with E-state index in [0.717, 1.165) is 4.47 Å².